The van der Waals surface area contributed by atoms with Crippen LogP contribution in [0.15, 0.2) is 58.5 Å². The summed E-state index contributed by atoms with van der Waals surface area (Å²) in [6, 6.07) is 14.4. The molecule has 7 heteroatoms. The summed E-state index contributed by atoms with van der Waals surface area (Å²) in [6.07, 6.45) is 3.35. The number of carbonyl (C=O) groups is 1. The van der Waals surface area contributed by atoms with Crippen molar-refractivity contribution in [1.82, 2.24) is 5.01 Å². The molecule has 1 heterocycles. The molecule has 0 radical (unpaired) electrons. The molecule has 1 saturated heterocycles. The van der Waals surface area contributed by atoms with E-state index in [1.807, 2.05) is 24.3 Å². The van der Waals surface area contributed by atoms with E-state index in [2.05, 4.69) is 5.10 Å². The van der Waals surface area contributed by atoms with Gasteiger partial charge >= 0.3 is 0 Å². The molecule has 1 aliphatic rings. The SMILES string of the molecule is O=C1/C(=C/c2ccc(Cl)cc2)SC(=S)N1/N=C/c1ccc(Cl)cc1. The van der Waals surface area contributed by atoms with Gasteiger partial charge in [-0.1, -0.05) is 59.2 Å². The highest BCUT2D eigenvalue weighted by Crippen LogP contribution is 2.32. The quantitative estimate of drug-likeness (QED) is 0.407. The zero-order chi connectivity index (χ0) is 17.1. The Morgan fingerprint density at radius 3 is 2.08 bits per heavy atom. The van der Waals surface area contributed by atoms with Crippen LogP contribution in [0.2, 0.25) is 10.0 Å². The van der Waals surface area contributed by atoms with Crippen LogP contribution in [0, 0.1) is 0 Å². The molecule has 1 amide bonds. The maximum atomic E-state index is 12.5. The van der Waals surface area contributed by atoms with Crippen molar-refractivity contribution in [2.75, 3.05) is 0 Å². The van der Waals surface area contributed by atoms with Gasteiger partial charge in [-0.15, -0.1) is 0 Å². The third-order valence-corrected chi connectivity index (χ3v) is 4.92. The Morgan fingerprint density at radius 2 is 1.50 bits per heavy atom. The van der Waals surface area contributed by atoms with Crippen LogP contribution in [-0.2, 0) is 4.79 Å². The number of hydrogen-bond acceptors (Lipinski definition) is 4. The molecule has 2 aromatic rings. The Balaban J connectivity index is 1.78. The summed E-state index contributed by atoms with van der Waals surface area (Å²) in [5.41, 5.74) is 1.71. The number of thioether (sulfide) groups is 1. The smallest absolute Gasteiger partial charge is 0.266 e. The average Bonchev–Trinajstić information content (AvgIpc) is 2.83. The molecule has 0 N–H and O–H groups in total. The van der Waals surface area contributed by atoms with Crippen molar-refractivity contribution in [1.29, 1.82) is 0 Å². The number of halogens is 2. The van der Waals surface area contributed by atoms with Crippen LogP contribution < -0.4 is 0 Å². The third kappa shape index (κ3) is 4.05. The Bertz CT molecular complexity index is 846. The van der Waals surface area contributed by atoms with Gasteiger partial charge < -0.3 is 0 Å². The molecular formula is C17H10Cl2N2OS2. The second kappa shape index (κ2) is 7.49. The fourth-order valence-electron chi connectivity index (χ4n) is 1.94. The molecule has 3 rings (SSSR count). The molecule has 0 aromatic heterocycles. The number of nitrogens with zero attached hydrogens (tertiary/aromatic N) is 2. The first kappa shape index (κ1) is 17.2. The van der Waals surface area contributed by atoms with Gasteiger partial charge in [0.2, 0.25) is 0 Å². The summed E-state index contributed by atoms with van der Waals surface area (Å²) < 4.78 is 0.394. The number of benzene rings is 2. The maximum absolute atomic E-state index is 12.5. The number of rotatable bonds is 3. The van der Waals surface area contributed by atoms with E-state index >= 15 is 0 Å². The van der Waals surface area contributed by atoms with Gasteiger partial charge in [0, 0.05) is 10.0 Å². The van der Waals surface area contributed by atoms with Gasteiger partial charge in [0.1, 0.15) is 0 Å². The number of hydrazone groups is 1. The van der Waals surface area contributed by atoms with Gasteiger partial charge in [0.05, 0.1) is 11.1 Å². The summed E-state index contributed by atoms with van der Waals surface area (Å²) in [5, 5.41) is 6.69. The van der Waals surface area contributed by atoms with Crippen molar-refractivity contribution in [3.63, 3.8) is 0 Å². The fraction of sp³-hybridized carbons (Fsp3) is 0. The summed E-state index contributed by atoms with van der Waals surface area (Å²) in [4.78, 5) is 13.0. The number of thiocarbonyl (C=S) groups is 1. The highest BCUT2D eigenvalue weighted by Gasteiger charge is 2.31. The molecule has 1 fully saturated rings. The largest absolute Gasteiger partial charge is 0.286 e. The van der Waals surface area contributed by atoms with E-state index in [1.165, 1.54) is 16.8 Å². The summed E-state index contributed by atoms with van der Waals surface area (Å²) in [6.45, 7) is 0. The topological polar surface area (TPSA) is 32.7 Å². The van der Waals surface area contributed by atoms with Crippen LogP contribution in [0.25, 0.3) is 6.08 Å². The van der Waals surface area contributed by atoms with E-state index in [0.717, 1.165) is 11.1 Å². The van der Waals surface area contributed by atoms with Gasteiger partial charge in [-0.2, -0.15) is 10.1 Å². The van der Waals surface area contributed by atoms with E-state index < -0.39 is 0 Å². The monoisotopic (exact) mass is 392 g/mol. The number of amides is 1. The lowest BCUT2D eigenvalue weighted by Gasteiger charge is -2.06. The number of carbonyl (C=O) groups excluding carboxylic acids is 1. The van der Waals surface area contributed by atoms with Crippen molar-refractivity contribution in [3.05, 3.63) is 74.6 Å². The van der Waals surface area contributed by atoms with Crippen molar-refractivity contribution < 1.29 is 4.79 Å². The zero-order valence-corrected chi connectivity index (χ0v) is 15.3. The molecule has 0 saturated carbocycles. The lowest BCUT2D eigenvalue weighted by atomic mass is 10.2. The Labute approximate surface area is 158 Å². The Kier molecular flexibility index (Phi) is 5.36. The minimum absolute atomic E-state index is 0.245. The molecule has 2 aromatic carbocycles. The predicted molar refractivity (Wildman–Crippen MR) is 106 cm³/mol. The highest BCUT2D eigenvalue weighted by atomic mass is 35.5. The van der Waals surface area contributed by atoms with Crippen molar-refractivity contribution >= 4 is 69.7 Å². The average molecular weight is 393 g/mol. The zero-order valence-electron chi connectivity index (χ0n) is 12.1. The van der Waals surface area contributed by atoms with Crippen LogP contribution in [0.1, 0.15) is 11.1 Å². The second-order valence-electron chi connectivity index (χ2n) is 4.84. The van der Waals surface area contributed by atoms with Gasteiger partial charge in [-0.05, 0) is 53.7 Å². The molecular weight excluding hydrogens is 383 g/mol. The molecule has 1 aliphatic heterocycles. The molecule has 0 atom stereocenters. The van der Waals surface area contributed by atoms with E-state index in [9.17, 15) is 4.79 Å². The molecule has 0 aliphatic carbocycles. The van der Waals surface area contributed by atoms with Crippen LogP contribution in [0.3, 0.4) is 0 Å². The highest BCUT2D eigenvalue weighted by molar-refractivity contribution is 8.26. The molecule has 0 unspecified atom stereocenters. The van der Waals surface area contributed by atoms with Crippen LogP contribution >= 0.6 is 47.2 Å². The standard InChI is InChI=1S/C17H10Cl2N2OS2/c18-13-5-1-11(2-6-13)9-15-16(22)21(17(23)24-15)20-10-12-3-7-14(19)8-4-12/h1-10H/b15-9-,20-10+. The fourth-order valence-corrected chi connectivity index (χ4v) is 3.37. The Hall–Kier alpha value is -1.66. The minimum Gasteiger partial charge on any atom is -0.266 e. The molecule has 24 heavy (non-hydrogen) atoms. The summed E-state index contributed by atoms with van der Waals surface area (Å²) >= 11 is 18.2. The first-order valence-corrected chi connectivity index (χ1v) is 8.84. The van der Waals surface area contributed by atoms with Crippen LogP contribution in [0.5, 0.6) is 0 Å². The minimum atomic E-state index is -0.245. The van der Waals surface area contributed by atoms with Crippen molar-refractivity contribution in [3.8, 4) is 0 Å². The van der Waals surface area contributed by atoms with E-state index in [0.29, 0.717) is 19.3 Å². The number of hydrogen-bond donors (Lipinski definition) is 0. The summed E-state index contributed by atoms with van der Waals surface area (Å²) in [5.74, 6) is -0.245. The molecule has 0 spiro atoms. The van der Waals surface area contributed by atoms with E-state index in [-0.39, 0.29) is 5.91 Å². The first-order valence-electron chi connectivity index (χ1n) is 6.86. The van der Waals surface area contributed by atoms with E-state index in [1.54, 1.807) is 36.6 Å². The lowest BCUT2D eigenvalue weighted by molar-refractivity contribution is -0.122. The molecule has 3 nitrogen and oxygen atoms in total. The molecule has 0 bridgehead atoms. The maximum Gasteiger partial charge on any atom is 0.286 e. The summed E-state index contributed by atoms with van der Waals surface area (Å²) in [7, 11) is 0. The van der Waals surface area contributed by atoms with Crippen LogP contribution in [-0.4, -0.2) is 21.5 Å². The Morgan fingerprint density at radius 1 is 0.958 bits per heavy atom. The van der Waals surface area contributed by atoms with Gasteiger partial charge in [0.25, 0.3) is 5.91 Å². The van der Waals surface area contributed by atoms with Crippen molar-refractivity contribution in [2.24, 2.45) is 5.10 Å². The predicted octanol–water partition coefficient (Wildman–Crippen LogP) is 5.23. The van der Waals surface area contributed by atoms with Gasteiger partial charge in [-0.25, -0.2) is 0 Å². The molecule has 120 valence electrons. The second-order valence-corrected chi connectivity index (χ2v) is 7.39. The van der Waals surface area contributed by atoms with Crippen LogP contribution in [0.4, 0.5) is 0 Å². The first-order chi connectivity index (χ1) is 11.5. The third-order valence-electron chi connectivity index (χ3n) is 3.13. The van der Waals surface area contributed by atoms with Gasteiger partial charge in [-0.3, -0.25) is 4.79 Å². The lowest BCUT2D eigenvalue weighted by Crippen LogP contribution is -2.22. The van der Waals surface area contributed by atoms with Crippen molar-refractivity contribution in [2.45, 2.75) is 0 Å². The normalized spacial score (nSPS) is 16.6. The van der Waals surface area contributed by atoms with Gasteiger partial charge in [0.15, 0.2) is 4.32 Å². The van der Waals surface area contributed by atoms with E-state index in [4.69, 9.17) is 35.4 Å².